The maximum absolute atomic E-state index is 5.81. The van der Waals surface area contributed by atoms with Gasteiger partial charge in [0.15, 0.2) is 0 Å². The lowest BCUT2D eigenvalue weighted by molar-refractivity contribution is 0.458. The number of hydrogen-bond acceptors (Lipinski definition) is 3. The smallest absolute Gasteiger partial charge is 0.118 e. The van der Waals surface area contributed by atoms with E-state index in [-0.39, 0.29) is 0 Å². The molecule has 0 aliphatic heterocycles. The minimum atomic E-state index is 0.688. The van der Waals surface area contributed by atoms with E-state index in [9.17, 15) is 0 Å². The van der Waals surface area contributed by atoms with Crippen molar-refractivity contribution in [2.45, 2.75) is 57.2 Å². The predicted octanol–water partition coefficient (Wildman–Crippen LogP) is 3.81. The molecule has 1 aliphatic carbocycles. The lowest BCUT2D eigenvalue weighted by atomic mass is 10.2. The Hall–Kier alpha value is -0.410. The van der Waals surface area contributed by atoms with Gasteiger partial charge in [-0.05, 0) is 30.9 Å². The van der Waals surface area contributed by atoms with E-state index in [1.54, 1.807) is 0 Å². The van der Waals surface area contributed by atoms with Crippen LogP contribution in [0.15, 0.2) is 16.5 Å². The molecule has 0 saturated heterocycles. The molecule has 1 aromatic rings. The van der Waals surface area contributed by atoms with Crippen molar-refractivity contribution < 1.29 is 4.42 Å². The van der Waals surface area contributed by atoms with E-state index in [1.165, 1.54) is 12.8 Å². The summed E-state index contributed by atoms with van der Waals surface area (Å²) in [6.07, 6.45) is 2.66. The molecule has 1 N–H and O–H groups in total. The van der Waals surface area contributed by atoms with Gasteiger partial charge < -0.3 is 9.73 Å². The van der Waals surface area contributed by atoms with Crippen LogP contribution in [0.25, 0.3) is 0 Å². The third-order valence-electron chi connectivity index (χ3n) is 3.29. The van der Waals surface area contributed by atoms with Crippen LogP contribution in [0, 0.1) is 5.92 Å². The zero-order chi connectivity index (χ0) is 12.3. The standard InChI is InChI=1S/C14H23NOS/c1-10(2)11(3)17-9-14-7-6-13(16-14)8-15-12-4-5-12/h6-7,10-12,15H,4-5,8-9H2,1-3H3. The third-order valence-corrected chi connectivity index (χ3v) is 4.81. The number of thioether (sulfide) groups is 1. The Morgan fingerprint density at radius 1 is 1.29 bits per heavy atom. The van der Waals surface area contributed by atoms with E-state index in [2.05, 4.69) is 38.2 Å². The summed E-state index contributed by atoms with van der Waals surface area (Å²) < 4.78 is 5.81. The summed E-state index contributed by atoms with van der Waals surface area (Å²) >= 11 is 1.97. The highest BCUT2D eigenvalue weighted by molar-refractivity contribution is 7.99. The van der Waals surface area contributed by atoms with E-state index in [4.69, 9.17) is 4.42 Å². The number of nitrogens with one attached hydrogen (secondary N) is 1. The van der Waals surface area contributed by atoms with Crippen LogP contribution in [0.5, 0.6) is 0 Å². The quantitative estimate of drug-likeness (QED) is 0.800. The summed E-state index contributed by atoms with van der Waals surface area (Å²) in [5, 5.41) is 4.16. The molecule has 1 fully saturated rings. The molecule has 1 atom stereocenters. The van der Waals surface area contributed by atoms with Crippen LogP contribution >= 0.6 is 11.8 Å². The first-order valence-corrected chi connectivity index (χ1v) is 7.62. The van der Waals surface area contributed by atoms with Gasteiger partial charge in [-0.2, -0.15) is 11.8 Å². The summed E-state index contributed by atoms with van der Waals surface area (Å²) in [5.41, 5.74) is 0. The molecule has 1 heterocycles. The van der Waals surface area contributed by atoms with Crippen molar-refractivity contribution in [3.05, 3.63) is 23.7 Å². The normalized spacial score (nSPS) is 17.6. The molecule has 0 radical (unpaired) electrons. The minimum Gasteiger partial charge on any atom is -0.464 e. The van der Waals surface area contributed by atoms with Gasteiger partial charge in [-0.1, -0.05) is 20.8 Å². The molecule has 0 amide bonds. The van der Waals surface area contributed by atoms with Crippen LogP contribution in [-0.2, 0) is 12.3 Å². The van der Waals surface area contributed by atoms with Crippen molar-refractivity contribution in [2.75, 3.05) is 0 Å². The first kappa shape index (κ1) is 13.0. The Kier molecular flexibility index (Phi) is 4.57. The van der Waals surface area contributed by atoms with Gasteiger partial charge >= 0.3 is 0 Å². The second-order valence-corrected chi connectivity index (χ2v) is 6.65. The molecule has 1 unspecified atom stereocenters. The molecular formula is C14H23NOS. The Morgan fingerprint density at radius 2 is 2.00 bits per heavy atom. The molecule has 0 aromatic carbocycles. The van der Waals surface area contributed by atoms with Crippen molar-refractivity contribution >= 4 is 11.8 Å². The number of hydrogen-bond donors (Lipinski definition) is 1. The van der Waals surface area contributed by atoms with E-state index in [0.717, 1.165) is 35.8 Å². The molecule has 1 aliphatic rings. The van der Waals surface area contributed by atoms with Crippen molar-refractivity contribution in [1.82, 2.24) is 5.32 Å². The van der Waals surface area contributed by atoms with Gasteiger partial charge in [-0.3, -0.25) is 0 Å². The third kappa shape index (κ3) is 4.40. The van der Waals surface area contributed by atoms with E-state index in [0.29, 0.717) is 5.25 Å². The molecule has 0 bridgehead atoms. The van der Waals surface area contributed by atoms with E-state index >= 15 is 0 Å². The topological polar surface area (TPSA) is 25.2 Å². The van der Waals surface area contributed by atoms with Crippen LogP contribution in [0.2, 0.25) is 0 Å². The molecule has 17 heavy (non-hydrogen) atoms. The summed E-state index contributed by atoms with van der Waals surface area (Å²) in [7, 11) is 0. The Labute approximate surface area is 109 Å². The average molecular weight is 253 g/mol. The lowest BCUT2D eigenvalue weighted by Crippen LogP contribution is -2.14. The zero-order valence-corrected chi connectivity index (χ0v) is 11.8. The second-order valence-electron chi connectivity index (χ2n) is 5.28. The Morgan fingerprint density at radius 3 is 2.65 bits per heavy atom. The highest BCUT2D eigenvalue weighted by Gasteiger charge is 2.20. The van der Waals surface area contributed by atoms with Crippen LogP contribution in [0.3, 0.4) is 0 Å². The molecule has 2 nitrogen and oxygen atoms in total. The van der Waals surface area contributed by atoms with Gasteiger partial charge in [0.2, 0.25) is 0 Å². The van der Waals surface area contributed by atoms with Crippen LogP contribution in [-0.4, -0.2) is 11.3 Å². The molecule has 0 spiro atoms. The summed E-state index contributed by atoms with van der Waals surface area (Å²) in [5.74, 6) is 3.90. The highest BCUT2D eigenvalue weighted by Crippen LogP contribution is 2.24. The van der Waals surface area contributed by atoms with E-state index < -0.39 is 0 Å². The van der Waals surface area contributed by atoms with E-state index in [1.807, 2.05) is 11.8 Å². The fourth-order valence-corrected chi connectivity index (χ4v) is 2.50. The van der Waals surface area contributed by atoms with Gasteiger partial charge in [0.1, 0.15) is 11.5 Å². The Bertz CT molecular complexity index is 344. The monoisotopic (exact) mass is 253 g/mol. The van der Waals surface area contributed by atoms with Crippen LogP contribution < -0.4 is 5.32 Å². The summed E-state index contributed by atoms with van der Waals surface area (Å²) in [6, 6.07) is 4.97. The second kappa shape index (κ2) is 5.96. The lowest BCUT2D eigenvalue weighted by Gasteiger charge is -2.13. The first-order chi connectivity index (χ1) is 8.15. The van der Waals surface area contributed by atoms with Crippen LogP contribution in [0.4, 0.5) is 0 Å². The molecule has 2 rings (SSSR count). The maximum Gasteiger partial charge on any atom is 0.118 e. The van der Waals surface area contributed by atoms with Gasteiger partial charge in [0.05, 0.1) is 12.3 Å². The fraction of sp³-hybridized carbons (Fsp3) is 0.714. The molecule has 1 aromatic heterocycles. The highest BCUT2D eigenvalue weighted by atomic mass is 32.2. The maximum atomic E-state index is 5.81. The fourth-order valence-electron chi connectivity index (χ4n) is 1.53. The van der Waals surface area contributed by atoms with Gasteiger partial charge in [-0.15, -0.1) is 0 Å². The van der Waals surface area contributed by atoms with Crippen molar-refractivity contribution in [2.24, 2.45) is 5.92 Å². The first-order valence-electron chi connectivity index (χ1n) is 6.57. The summed E-state index contributed by atoms with van der Waals surface area (Å²) in [6.45, 7) is 7.71. The van der Waals surface area contributed by atoms with Crippen molar-refractivity contribution in [3.8, 4) is 0 Å². The minimum absolute atomic E-state index is 0.688. The number of furan rings is 1. The molecule has 1 saturated carbocycles. The summed E-state index contributed by atoms with van der Waals surface area (Å²) in [4.78, 5) is 0. The van der Waals surface area contributed by atoms with Crippen molar-refractivity contribution in [1.29, 1.82) is 0 Å². The van der Waals surface area contributed by atoms with Crippen LogP contribution in [0.1, 0.15) is 45.1 Å². The average Bonchev–Trinajstić information content (AvgIpc) is 3.02. The molecule has 3 heteroatoms. The van der Waals surface area contributed by atoms with Gasteiger partial charge in [0.25, 0.3) is 0 Å². The largest absolute Gasteiger partial charge is 0.464 e. The van der Waals surface area contributed by atoms with Gasteiger partial charge in [-0.25, -0.2) is 0 Å². The SMILES string of the molecule is CC(C)C(C)SCc1ccc(CNC2CC2)o1. The predicted molar refractivity (Wildman–Crippen MR) is 74.2 cm³/mol. The van der Waals surface area contributed by atoms with Crippen molar-refractivity contribution in [3.63, 3.8) is 0 Å². The molecular weight excluding hydrogens is 230 g/mol. The molecule has 96 valence electrons. The Balaban J connectivity index is 1.73. The van der Waals surface area contributed by atoms with Gasteiger partial charge in [0, 0.05) is 11.3 Å². The zero-order valence-electron chi connectivity index (χ0n) is 11.0. The number of rotatable bonds is 7.